The lowest BCUT2D eigenvalue weighted by Crippen LogP contribution is -2.46. The zero-order valence-electron chi connectivity index (χ0n) is 10.1. The highest BCUT2D eigenvalue weighted by Gasteiger charge is 2.14. The number of carbonyl (C=O) groups is 1. The molecule has 1 aliphatic rings. The Labute approximate surface area is 101 Å². The number of anilines is 1. The highest BCUT2D eigenvalue weighted by molar-refractivity contribution is 5.91. The monoisotopic (exact) mass is 234 g/mol. The van der Waals surface area contributed by atoms with Gasteiger partial charge in [0.05, 0.1) is 6.54 Å². The Hall–Kier alpha value is -1.46. The number of pyridine rings is 1. The van der Waals surface area contributed by atoms with Crippen LogP contribution in [0, 0.1) is 6.92 Å². The Morgan fingerprint density at radius 3 is 3.00 bits per heavy atom. The van der Waals surface area contributed by atoms with E-state index in [0.717, 1.165) is 31.7 Å². The van der Waals surface area contributed by atoms with Crippen molar-refractivity contribution in [3.05, 3.63) is 23.9 Å². The fourth-order valence-corrected chi connectivity index (χ4v) is 1.86. The van der Waals surface area contributed by atoms with Gasteiger partial charge in [-0.3, -0.25) is 9.69 Å². The largest absolute Gasteiger partial charge is 0.314 e. The van der Waals surface area contributed by atoms with Crippen LogP contribution in [-0.2, 0) is 4.79 Å². The molecule has 1 amide bonds. The summed E-state index contributed by atoms with van der Waals surface area (Å²) in [7, 11) is 0. The zero-order valence-corrected chi connectivity index (χ0v) is 10.1. The summed E-state index contributed by atoms with van der Waals surface area (Å²) in [6.45, 7) is 6.14. The van der Waals surface area contributed by atoms with E-state index in [1.807, 2.05) is 19.1 Å². The van der Waals surface area contributed by atoms with Gasteiger partial charge in [-0.1, -0.05) is 6.07 Å². The molecule has 92 valence electrons. The lowest BCUT2D eigenvalue weighted by Gasteiger charge is -2.26. The van der Waals surface area contributed by atoms with Crippen molar-refractivity contribution in [3.63, 3.8) is 0 Å². The van der Waals surface area contributed by atoms with Crippen molar-refractivity contribution in [1.82, 2.24) is 15.2 Å². The first-order valence-corrected chi connectivity index (χ1v) is 5.90. The predicted octanol–water partition coefficient (Wildman–Crippen LogP) is 0.234. The predicted molar refractivity (Wildman–Crippen MR) is 66.9 cm³/mol. The molecular formula is C12H18N4O. The molecular weight excluding hydrogens is 216 g/mol. The second-order valence-corrected chi connectivity index (χ2v) is 4.24. The lowest BCUT2D eigenvalue weighted by atomic mass is 10.3. The molecule has 0 atom stereocenters. The summed E-state index contributed by atoms with van der Waals surface area (Å²) in [6, 6.07) is 3.80. The van der Waals surface area contributed by atoms with Gasteiger partial charge in [-0.05, 0) is 18.6 Å². The number of piperazine rings is 1. The van der Waals surface area contributed by atoms with Gasteiger partial charge in [0.15, 0.2) is 0 Å². The number of aromatic nitrogens is 1. The minimum absolute atomic E-state index is 0.00806. The van der Waals surface area contributed by atoms with E-state index in [2.05, 4.69) is 20.5 Å². The van der Waals surface area contributed by atoms with Crippen LogP contribution >= 0.6 is 0 Å². The van der Waals surface area contributed by atoms with E-state index in [4.69, 9.17) is 0 Å². The van der Waals surface area contributed by atoms with E-state index >= 15 is 0 Å². The number of aryl methyl sites for hydroxylation is 1. The fraction of sp³-hybridized carbons (Fsp3) is 0.500. The number of hydrogen-bond acceptors (Lipinski definition) is 4. The van der Waals surface area contributed by atoms with Crippen LogP contribution in [0.5, 0.6) is 0 Å². The molecule has 0 bridgehead atoms. The normalized spacial score (nSPS) is 16.8. The van der Waals surface area contributed by atoms with Crippen LogP contribution in [0.4, 0.5) is 5.82 Å². The molecule has 0 spiro atoms. The highest BCUT2D eigenvalue weighted by Crippen LogP contribution is 2.08. The molecule has 2 heterocycles. The molecule has 1 aromatic heterocycles. The molecule has 0 aromatic carbocycles. The second kappa shape index (κ2) is 5.75. The number of amides is 1. The molecule has 1 fully saturated rings. The Morgan fingerprint density at radius 2 is 2.29 bits per heavy atom. The average Bonchev–Trinajstić information content (AvgIpc) is 2.33. The quantitative estimate of drug-likeness (QED) is 0.786. The summed E-state index contributed by atoms with van der Waals surface area (Å²) < 4.78 is 0. The maximum atomic E-state index is 11.8. The molecule has 17 heavy (non-hydrogen) atoms. The Kier molecular flexibility index (Phi) is 4.06. The van der Waals surface area contributed by atoms with Crippen molar-refractivity contribution >= 4 is 11.7 Å². The first-order valence-electron chi connectivity index (χ1n) is 5.90. The number of carbonyl (C=O) groups excluding carboxylic acids is 1. The maximum absolute atomic E-state index is 11.8. The van der Waals surface area contributed by atoms with Crippen LogP contribution in [0.15, 0.2) is 18.3 Å². The summed E-state index contributed by atoms with van der Waals surface area (Å²) in [6.07, 6.45) is 1.69. The smallest absolute Gasteiger partial charge is 0.239 e. The van der Waals surface area contributed by atoms with Crippen LogP contribution in [0.1, 0.15) is 5.56 Å². The van der Waals surface area contributed by atoms with Gasteiger partial charge < -0.3 is 10.6 Å². The van der Waals surface area contributed by atoms with E-state index in [-0.39, 0.29) is 5.91 Å². The van der Waals surface area contributed by atoms with Crippen molar-refractivity contribution in [2.45, 2.75) is 6.92 Å². The molecule has 2 N–H and O–H groups in total. The van der Waals surface area contributed by atoms with E-state index in [1.165, 1.54) is 0 Å². The van der Waals surface area contributed by atoms with Gasteiger partial charge in [-0.25, -0.2) is 4.98 Å². The van der Waals surface area contributed by atoms with Crippen LogP contribution in [0.25, 0.3) is 0 Å². The summed E-state index contributed by atoms with van der Waals surface area (Å²) in [4.78, 5) is 18.1. The van der Waals surface area contributed by atoms with Gasteiger partial charge in [0.25, 0.3) is 0 Å². The third-order valence-corrected chi connectivity index (χ3v) is 2.84. The molecule has 0 radical (unpaired) electrons. The van der Waals surface area contributed by atoms with Crippen molar-refractivity contribution in [2.24, 2.45) is 0 Å². The van der Waals surface area contributed by atoms with E-state index < -0.39 is 0 Å². The number of nitrogens with zero attached hydrogens (tertiary/aromatic N) is 2. The van der Waals surface area contributed by atoms with Crippen LogP contribution in [0.3, 0.4) is 0 Å². The molecule has 1 saturated heterocycles. The van der Waals surface area contributed by atoms with Gasteiger partial charge in [0.2, 0.25) is 5.91 Å². The topological polar surface area (TPSA) is 57.3 Å². The summed E-state index contributed by atoms with van der Waals surface area (Å²) in [5, 5.41) is 6.11. The summed E-state index contributed by atoms with van der Waals surface area (Å²) in [5.41, 5.74) is 0.987. The van der Waals surface area contributed by atoms with Gasteiger partial charge in [0, 0.05) is 32.4 Å². The van der Waals surface area contributed by atoms with E-state index in [1.54, 1.807) is 6.20 Å². The van der Waals surface area contributed by atoms with Gasteiger partial charge in [-0.2, -0.15) is 0 Å². The molecule has 2 rings (SSSR count). The Morgan fingerprint density at radius 1 is 1.53 bits per heavy atom. The lowest BCUT2D eigenvalue weighted by molar-refractivity contribution is -0.117. The van der Waals surface area contributed by atoms with Crippen LogP contribution < -0.4 is 10.6 Å². The summed E-state index contributed by atoms with van der Waals surface area (Å²) in [5.74, 6) is 0.668. The molecule has 0 unspecified atom stereocenters. The number of nitrogens with one attached hydrogen (secondary N) is 2. The number of rotatable bonds is 3. The first kappa shape index (κ1) is 12.0. The van der Waals surface area contributed by atoms with Gasteiger partial charge in [0.1, 0.15) is 5.82 Å². The Bertz CT molecular complexity index is 388. The molecule has 5 heteroatoms. The van der Waals surface area contributed by atoms with E-state index in [9.17, 15) is 4.79 Å². The Balaban J connectivity index is 1.86. The number of hydrogen-bond donors (Lipinski definition) is 2. The molecule has 0 aliphatic carbocycles. The van der Waals surface area contributed by atoms with Crippen molar-refractivity contribution in [1.29, 1.82) is 0 Å². The minimum Gasteiger partial charge on any atom is -0.314 e. The molecule has 1 aliphatic heterocycles. The zero-order chi connectivity index (χ0) is 12.1. The SMILES string of the molecule is Cc1cccnc1NC(=O)CN1CCNCC1. The maximum Gasteiger partial charge on any atom is 0.239 e. The minimum atomic E-state index is 0.00806. The second-order valence-electron chi connectivity index (χ2n) is 4.24. The molecule has 0 saturated carbocycles. The van der Waals surface area contributed by atoms with Gasteiger partial charge in [-0.15, -0.1) is 0 Å². The van der Waals surface area contributed by atoms with Crippen molar-refractivity contribution in [2.75, 3.05) is 38.0 Å². The third kappa shape index (κ3) is 3.51. The molecule has 1 aromatic rings. The summed E-state index contributed by atoms with van der Waals surface area (Å²) >= 11 is 0. The fourth-order valence-electron chi connectivity index (χ4n) is 1.86. The van der Waals surface area contributed by atoms with E-state index in [0.29, 0.717) is 12.4 Å². The van der Waals surface area contributed by atoms with Crippen molar-refractivity contribution < 1.29 is 4.79 Å². The van der Waals surface area contributed by atoms with Gasteiger partial charge >= 0.3 is 0 Å². The van der Waals surface area contributed by atoms with Crippen LogP contribution in [0.2, 0.25) is 0 Å². The highest BCUT2D eigenvalue weighted by atomic mass is 16.2. The first-order chi connectivity index (χ1) is 8.25. The van der Waals surface area contributed by atoms with Crippen LogP contribution in [-0.4, -0.2) is 48.5 Å². The van der Waals surface area contributed by atoms with Crippen molar-refractivity contribution in [3.8, 4) is 0 Å². The molecule has 5 nitrogen and oxygen atoms in total. The average molecular weight is 234 g/mol. The standard InChI is InChI=1S/C12H18N4O/c1-10-3-2-4-14-12(10)15-11(17)9-16-7-5-13-6-8-16/h2-4,13H,5-9H2,1H3,(H,14,15,17). The third-order valence-electron chi connectivity index (χ3n) is 2.84.